The number of nitrogens with zero attached hydrogens (tertiary/aromatic N) is 2. The third-order valence-electron chi connectivity index (χ3n) is 5.44. The number of hydrogen-bond donors (Lipinski definition) is 0. The summed E-state index contributed by atoms with van der Waals surface area (Å²) < 4.78 is 0. The molecule has 2 nitrogen and oxygen atoms in total. The SMILES string of the molecule is Cc1cnc(CCc2ccc(Cl)c3ccccc23)cc1N1CCCCC1.Cl. The molecule has 0 atom stereocenters. The Morgan fingerprint density at radius 3 is 2.48 bits per heavy atom. The molecule has 2 heterocycles. The Labute approximate surface area is 173 Å². The zero-order valence-electron chi connectivity index (χ0n) is 15.7. The summed E-state index contributed by atoms with van der Waals surface area (Å²) in [6, 6.07) is 14.9. The molecule has 1 aliphatic heterocycles. The molecule has 2 aromatic carbocycles. The largest absolute Gasteiger partial charge is 0.371 e. The van der Waals surface area contributed by atoms with E-state index in [1.165, 1.54) is 60.2 Å². The van der Waals surface area contributed by atoms with Crippen LogP contribution < -0.4 is 4.90 Å². The van der Waals surface area contributed by atoms with E-state index in [9.17, 15) is 0 Å². The van der Waals surface area contributed by atoms with Gasteiger partial charge in [0.15, 0.2) is 0 Å². The minimum Gasteiger partial charge on any atom is -0.371 e. The molecule has 4 heteroatoms. The van der Waals surface area contributed by atoms with Gasteiger partial charge < -0.3 is 4.90 Å². The number of rotatable bonds is 4. The summed E-state index contributed by atoms with van der Waals surface area (Å²) in [7, 11) is 0. The minimum atomic E-state index is 0. The Kier molecular flexibility index (Phi) is 6.62. The highest BCUT2D eigenvalue weighted by molar-refractivity contribution is 6.35. The molecule has 0 bridgehead atoms. The molecule has 0 amide bonds. The molecule has 0 N–H and O–H groups in total. The second-order valence-corrected chi connectivity index (χ2v) is 7.67. The maximum atomic E-state index is 6.35. The van der Waals surface area contributed by atoms with E-state index < -0.39 is 0 Å². The first kappa shape index (κ1) is 20.0. The monoisotopic (exact) mass is 400 g/mol. The van der Waals surface area contributed by atoms with Crippen LogP contribution >= 0.6 is 24.0 Å². The number of pyridine rings is 1. The molecule has 142 valence electrons. The van der Waals surface area contributed by atoms with E-state index in [1.54, 1.807) is 0 Å². The zero-order valence-corrected chi connectivity index (χ0v) is 17.3. The second kappa shape index (κ2) is 8.95. The van der Waals surface area contributed by atoms with Crippen molar-refractivity contribution in [3.63, 3.8) is 0 Å². The maximum absolute atomic E-state index is 6.35. The fourth-order valence-electron chi connectivity index (χ4n) is 3.97. The van der Waals surface area contributed by atoms with E-state index in [2.05, 4.69) is 42.2 Å². The molecule has 0 radical (unpaired) electrons. The lowest BCUT2D eigenvalue weighted by molar-refractivity contribution is 0.576. The number of halogens is 2. The summed E-state index contributed by atoms with van der Waals surface area (Å²) in [4.78, 5) is 7.22. The lowest BCUT2D eigenvalue weighted by Gasteiger charge is -2.30. The molecule has 0 unspecified atom stereocenters. The highest BCUT2D eigenvalue weighted by Gasteiger charge is 2.14. The van der Waals surface area contributed by atoms with Gasteiger partial charge >= 0.3 is 0 Å². The van der Waals surface area contributed by atoms with Crippen LogP contribution in [0.25, 0.3) is 10.8 Å². The molecular formula is C23H26Cl2N2. The van der Waals surface area contributed by atoms with E-state index in [0.29, 0.717) is 0 Å². The van der Waals surface area contributed by atoms with Crippen molar-refractivity contribution in [2.45, 2.75) is 39.0 Å². The summed E-state index contributed by atoms with van der Waals surface area (Å²) in [5.74, 6) is 0. The highest BCUT2D eigenvalue weighted by Crippen LogP contribution is 2.28. The van der Waals surface area contributed by atoms with Gasteiger partial charge in [-0.15, -0.1) is 12.4 Å². The van der Waals surface area contributed by atoms with Crippen molar-refractivity contribution >= 4 is 40.5 Å². The molecular weight excluding hydrogens is 375 g/mol. The van der Waals surface area contributed by atoms with Crippen LogP contribution in [0.3, 0.4) is 0 Å². The van der Waals surface area contributed by atoms with Gasteiger partial charge in [0.1, 0.15) is 0 Å². The first-order valence-corrected chi connectivity index (χ1v) is 9.97. The van der Waals surface area contributed by atoms with Crippen molar-refractivity contribution in [1.82, 2.24) is 4.98 Å². The van der Waals surface area contributed by atoms with Crippen molar-refractivity contribution in [3.8, 4) is 0 Å². The number of piperidine rings is 1. The third kappa shape index (κ3) is 4.39. The summed E-state index contributed by atoms with van der Waals surface area (Å²) >= 11 is 6.35. The normalized spacial score (nSPS) is 14.2. The van der Waals surface area contributed by atoms with E-state index in [-0.39, 0.29) is 12.4 Å². The average molecular weight is 401 g/mol. The zero-order chi connectivity index (χ0) is 17.9. The van der Waals surface area contributed by atoms with Gasteiger partial charge in [0.2, 0.25) is 0 Å². The fourth-order valence-corrected chi connectivity index (χ4v) is 4.20. The smallest absolute Gasteiger partial charge is 0.0484 e. The highest BCUT2D eigenvalue weighted by atomic mass is 35.5. The molecule has 1 aromatic heterocycles. The van der Waals surface area contributed by atoms with Crippen molar-refractivity contribution < 1.29 is 0 Å². The average Bonchev–Trinajstić information content (AvgIpc) is 2.69. The maximum Gasteiger partial charge on any atom is 0.0484 e. The van der Waals surface area contributed by atoms with Gasteiger partial charge in [0.05, 0.1) is 0 Å². The topological polar surface area (TPSA) is 16.1 Å². The Morgan fingerprint density at radius 1 is 0.963 bits per heavy atom. The number of benzene rings is 2. The molecule has 4 rings (SSSR count). The van der Waals surface area contributed by atoms with Gasteiger partial charge in [-0.3, -0.25) is 4.98 Å². The third-order valence-corrected chi connectivity index (χ3v) is 5.77. The van der Waals surface area contributed by atoms with Crippen molar-refractivity contribution in [2.75, 3.05) is 18.0 Å². The molecule has 1 aliphatic rings. The molecule has 3 aromatic rings. The van der Waals surface area contributed by atoms with Gasteiger partial charge in [0.25, 0.3) is 0 Å². The van der Waals surface area contributed by atoms with Gasteiger partial charge in [0, 0.05) is 41.1 Å². The van der Waals surface area contributed by atoms with Gasteiger partial charge in [-0.2, -0.15) is 0 Å². The summed E-state index contributed by atoms with van der Waals surface area (Å²) in [5, 5.41) is 3.21. The fraction of sp³-hybridized carbons (Fsp3) is 0.348. The van der Waals surface area contributed by atoms with Crippen LogP contribution in [0, 0.1) is 6.92 Å². The van der Waals surface area contributed by atoms with Crippen molar-refractivity contribution in [1.29, 1.82) is 0 Å². The molecule has 0 saturated carbocycles. The van der Waals surface area contributed by atoms with E-state index in [0.717, 1.165) is 23.3 Å². The van der Waals surface area contributed by atoms with Gasteiger partial charge in [-0.25, -0.2) is 0 Å². The second-order valence-electron chi connectivity index (χ2n) is 7.26. The van der Waals surface area contributed by atoms with Crippen LogP contribution in [0.1, 0.15) is 36.1 Å². The van der Waals surface area contributed by atoms with Crippen LogP contribution in [-0.4, -0.2) is 18.1 Å². The number of hydrogen-bond acceptors (Lipinski definition) is 2. The predicted molar refractivity (Wildman–Crippen MR) is 119 cm³/mol. The van der Waals surface area contributed by atoms with E-state index >= 15 is 0 Å². The first-order valence-electron chi connectivity index (χ1n) is 9.59. The Bertz CT molecular complexity index is 917. The summed E-state index contributed by atoms with van der Waals surface area (Å²) in [6.45, 7) is 4.52. The quantitative estimate of drug-likeness (QED) is 0.503. The van der Waals surface area contributed by atoms with Gasteiger partial charge in [-0.1, -0.05) is 41.9 Å². The van der Waals surface area contributed by atoms with Crippen LogP contribution in [0.5, 0.6) is 0 Å². The Morgan fingerprint density at radius 2 is 1.70 bits per heavy atom. The molecule has 0 spiro atoms. The number of fused-ring (bicyclic) bond motifs is 1. The van der Waals surface area contributed by atoms with Crippen molar-refractivity contribution in [3.05, 3.63) is 70.5 Å². The first-order chi connectivity index (χ1) is 12.7. The summed E-state index contributed by atoms with van der Waals surface area (Å²) in [6.07, 6.45) is 7.93. The van der Waals surface area contributed by atoms with Crippen LogP contribution in [-0.2, 0) is 12.8 Å². The molecule has 1 saturated heterocycles. The minimum absolute atomic E-state index is 0. The number of aryl methyl sites for hydroxylation is 3. The Balaban J connectivity index is 0.00000210. The van der Waals surface area contributed by atoms with Crippen LogP contribution in [0.15, 0.2) is 48.7 Å². The predicted octanol–water partition coefficient (Wildman–Crippen LogP) is 6.39. The number of aromatic nitrogens is 1. The molecule has 0 aliphatic carbocycles. The van der Waals surface area contributed by atoms with Crippen molar-refractivity contribution in [2.24, 2.45) is 0 Å². The van der Waals surface area contributed by atoms with E-state index in [1.807, 2.05) is 18.3 Å². The molecule has 27 heavy (non-hydrogen) atoms. The van der Waals surface area contributed by atoms with E-state index in [4.69, 9.17) is 16.6 Å². The van der Waals surface area contributed by atoms with Gasteiger partial charge in [-0.05, 0) is 67.7 Å². The summed E-state index contributed by atoms with van der Waals surface area (Å²) in [5.41, 5.74) is 5.17. The molecule has 1 fully saturated rings. The number of anilines is 1. The van der Waals surface area contributed by atoms with Crippen LogP contribution in [0.4, 0.5) is 5.69 Å². The Hall–Kier alpha value is -1.77. The standard InChI is InChI=1S/C23H25ClN2.ClH/c1-17-16-25-19(15-23(17)26-13-5-2-6-14-26)11-9-18-10-12-22(24)21-8-4-3-7-20(18)21;/h3-4,7-8,10,12,15-16H,2,5-6,9,11,13-14H2,1H3;1H. The lowest BCUT2D eigenvalue weighted by atomic mass is 9.99. The lowest BCUT2D eigenvalue weighted by Crippen LogP contribution is -2.30. The van der Waals surface area contributed by atoms with Crippen LogP contribution in [0.2, 0.25) is 5.02 Å².